The molecule has 1 saturated carbocycles. The zero-order valence-electron chi connectivity index (χ0n) is 8.51. The lowest BCUT2D eigenvalue weighted by Crippen LogP contribution is -2.11. The van der Waals surface area contributed by atoms with Gasteiger partial charge in [0.05, 0.1) is 5.69 Å². The summed E-state index contributed by atoms with van der Waals surface area (Å²) in [5.41, 5.74) is 0.851. The van der Waals surface area contributed by atoms with Crippen LogP contribution < -0.4 is 5.69 Å². The van der Waals surface area contributed by atoms with Crippen molar-refractivity contribution in [3.8, 4) is 0 Å². The average Bonchev–Trinajstić information content (AvgIpc) is 3.05. The number of carbonyl (C=O) groups excluding carboxylic acids is 1. The first kappa shape index (κ1) is 9.26. The van der Waals surface area contributed by atoms with Crippen LogP contribution in [0.4, 0.5) is 0 Å². The lowest BCUT2D eigenvalue weighted by Gasteiger charge is -1.98. The normalized spacial score (nSPS) is 15.5. The number of Topliss-reactive ketones (excluding diaryl/α,β-unsaturated/α-hetero) is 1. The molecule has 0 saturated heterocycles. The van der Waals surface area contributed by atoms with Gasteiger partial charge in [0.2, 0.25) is 0 Å². The number of nitrogens with one attached hydrogen (secondary N) is 1. The lowest BCUT2D eigenvalue weighted by atomic mass is 10.1. The van der Waals surface area contributed by atoms with Gasteiger partial charge in [-0.1, -0.05) is 0 Å². The van der Waals surface area contributed by atoms with E-state index in [0.717, 1.165) is 12.8 Å². The van der Waals surface area contributed by atoms with Crippen LogP contribution in [0.15, 0.2) is 17.2 Å². The molecular weight excluding hydrogens is 208 g/mol. The van der Waals surface area contributed by atoms with Gasteiger partial charge >= 0.3 is 5.69 Å². The average molecular weight is 218 g/mol. The number of fused-ring (bicyclic) bond motifs is 1. The van der Waals surface area contributed by atoms with Crippen molar-refractivity contribution in [3.05, 3.63) is 28.6 Å². The zero-order valence-corrected chi connectivity index (χ0v) is 8.51. The van der Waals surface area contributed by atoms with Crippen LogP contribution in [-0.4, -0.2) is 25.4 Å². The summed E-state index contributed by atoms with van der Waals surface area (Å²) in [7, 11) is 0. The minimum absolute atomic E-state index is 0.231. The second kappa shape index (κ2) is 3.26. The standard InChI is InChI=1S/C10H10N4O2/c15-8(6-1-2-6)3-7-4-9-12-13-10(16)14(9)5-11-7/h4-6H,1-3H2,(H,13,16). The first-order valence-electron chi connectivity index (χ1n) is 5.18. The number of ketones is 1. The summed E-state index contributed by atoms with van der Waals surface area (Å²) in [5.74, 6) is 0.467. The van der Waals surface area contributed by atoms with Gasteiger partial charge < -0.3 is 0 Å². The van der Waals surface area contributed by atoms with E-state index < -0.39 is 0 Å². The molecule has 1 aliphatic rings. The predicted octanol–water partition coefficient (Wildman–Crippen LogP) is -0.0608. The second-order valence-electron chi connectivity index (χ2n) is 4.05. The van der Waals surface area contributed by atoms with Crippen LogP contribution in [0.1, 0.15) is 18.5 Å². The third kappa shape index (κ3) is 1.52. The summed E-state index contributed by atoms with van der Waals surface area (Å²) in [6.07, 6.45) is 3.74. The summed E-state index contributed by atoms with van der Waals surface area (Å²) in [5, 5.41) is 6.15. The molecule has 2 heterocycles. The molecule has 0 atom stereocenters. The van der Waals surface area contributed by atoms with Crippen LogP contribution in [0.5, 0.6) is 0 Å². The molecule has 0 spiro atoms. The van der Waals surface area contributed by atoms with Crippen molar-refractivity contribution in [3.63, 3.8) is 0 Å². The van der Waals surface area contributed by atoms with E-state index in [2.05, 4.69) is 15.2 Å². The van der Waals surface area contributed by atoms with Crippen LogP contribution >= 0.6 is 0 Å². The minimum Gasteiger partial charge on any atom is -0.299 e. The van der Waals surface area contributed by atoms with E-state index in [-0.39, 0.29) is 17.4 Å². The molecular formula is C10H10N4O2. The van der Waals surface area contributed by atoms with E-state index in [1.54, 1.807) is 6.07 Å². The molecule has 6 heteroatoms. The number of rotatable bonds is 3. The largest absolute Gasteiger partial charge is 0.348 e. The Hall–Kier alpha value is -1.98. The third-order valence-electron chi connectivity index (χ3n) is 2.75. The Labute approximate surface area is 90.3 Å². The number of carbonyl (C=O) groups is 1. The zero-order chi connectivity index (χ0) is 11.1. The van der Waals surface area contributed by atoms with Gasteiger partial charge in [-0.2, -0.15) is 5.10 Å². The molecule has 82 valence electrons. The smallest absolute Gasteiger partial charge is 0.299 e. The number of hydrogen-bond acceptors (Lipinski definition) is 4. The molecule has 0 bridgehead atoms. The molecule has 2 aromatic heterocycles. The van der Waals surface area contributed by atoms with Crippen LogP contribution in [0.25, 0.3) is 5.65 Å². The maximum absolute atomic E-state index is 11.6. The Balaban J connectivity index is 1.92. The topological polar surface area (TPSA) is 80.1 Å². The monoisotopic (exact) mass is 218 g/mol. The van der Waals surface area contributed by atoms with Crippen LogP contribution in [0, 0.1) is 5.92 Å². The Bertz CT molecular complexity index is 609. The Morgan fingerprint density at radius 2 is 2.38 bits per heavy atom. The van der Waals surface area contributed by atoms with Crippen LogP contribution in [-0.2, 0) is 11.2 Å². The molecule has 1 N–H and O–H groups in total. The van der Waals surface area contributed by atoms with E-state index in [9.17, 15) is 9.59 Å². The maximum atomic E-state index is 11.6. The number of aromatic nitrogens is 4. The van der Waals surface area contributed by atoms with E-state index in [1.165, 1.54) is 10.7 Å². The van der Waals surface area contributed by atoms with Gasteiger partial charge in [-0.3, -0.25) is 4.79 Å². The second-order valence-corrected chi connectivity index (χ2v) is 4.05. The highest BCUT2D eigenvalue weighted by Gasteiger charge is 2.29. The Kier molecular flexibility index (Phi) is 1.89. The van der Waals surface area contributed by atoms with Crippen molar-refractivity contribution >= 4 is 11.4 Å². The lowest BCUT2D eigenvalue weighted by molar-refractivity contribution is -0.119. The summed E-state index contributed by atoms with van der Waals surface area (Å²) >= 11 is 0. The summed E-state index contributed by atoms with van der Waals surface area (Å²) in [4.78, 5) is 26.8. The summed E-state index contributed by atoms with van der Waals surface area (Å²) in [6, 6.07) is 1.66. The van der Waals surface area contributed by atoms with Crippen molar-refractivity contribution in [2.45, 2.75) is 19.3 Å². The molecule has 0 radical (unpaired) electrons. The van der Waals surface area contributed by atoms with E-state index in [0.29, 0.717) is 17.8 Å². The van der Waals surface area contributed by atoms with Crippen LogP contribution in [0.2, 0.25) is 0 Å². The molecule has 0 amide bonds. The Morgan fingerprint density at radius 3 is 3.12 bits per heavy atom. The molecule has 16 heavy (non-hydrogen) atoms. The van der Waals surface area contributed by atoms with Gasteiger partial charge in [-0.15, -0.1) is 0 Å². The molecule has 0 aromatic carbocycles. The van der Waals surface area contributed by atoms with E-state index >= 15 is 0 Å². The third-order valence-corrected chi connectivity index (χ3v) is 2.75. The highest BCUT2D eigenvalue weighted by molar-refractivity contribution is 5.85. The number of H-pyrrole nitrogens is 1. The molecule has 0 unspecified atom stereocenters. The highest BCUT2D eigenvalue weighted by atomic mass is 16.1. The Morgan fingerprint density at radius 1 is 1.56 bits per heavy atom. The van der Waals surface area contributed by atoms with Gasteiger partial charge in [-0.25, -0.2) is 19.3 Å². The fourth-order valence-electron chi connectivity index (χ4n) is 1.67. The predicted molar refractivity (Wildman–Crippen MR) is 55.0 cm³/mol. The minimum atomic E-state index is -0.317. The van der Waals surface area contributed by atoms with Crippen molar-refractivity contribution in [2.75, 3.05) is 0 Å². The SMILES string of the molecule is O=C(Cc1cc2n[nH]c(=O)n2cn1)C1CC1. The van der Waals surface area contributed by atoms with Crippen molar-refractivity contribution in [2.24, 2.45) is 5.92 Å². The van der Waals surface area contributed by atoms with Gasteiger partial charge in [0.25, 0.3) is 0 Å². The van der Waals surface area contributed by atoms with Gasteiger partial charge in [-0.05, 0) is 12.8 Å². The molecule has 3 rings (SSSR count). The molecule has 0 aliphatic heterocycles. The van der Waals surface area contributed by atoms with E-state index in [4.69, 9.17) is 0 Å². The number of nitrogens with zero attached hydrogens (tertiary/aromatic N) is 3. The van der Waals surface area contributed by atoms with Gasteiger partial charge in [0.1, 0.15) is 12.1 Å². The van der Waals surface area contributed by atoms with Gasteiger partial charge in [0, 0.05) is 18.4 Å². The quantitative estimate of drug-likeness (QED) is 0.782. The first-order valence-corrected chi connectivity index (χ1v) is 5.18. The summed E-state index contributed by atoms with van der Waals surface area (Å²) in [6.45, 7) is 0. The fraction of sp³-hybridized carbons (Fsp3) is 0.400. The molecule has 6 nitrogen and oxygen atoms in total. The molecule has 2 aromatic rings. The molecule has 1 fully saturated rings. The highest BCUT2D eigenvalue weighted by Crippen LogP contribution is 2.30. The first-order chi connectivity index (χ1) is 7.74. The van der Waals surface area contributed by atoms with Crippen molar-refractivity contribution in [1.29, 1.82) is 0 Å². The van der Waals surface area contributed by atoms with E-state index in [1.807, 2.05) is 0 Å². The summed E-state index contributed by atoms with van der Waals surface area (Å²) < 4.78 is 1.31. The van der Waals surface area contributed by atoms with Crippen molar-refractivity contribution < 1.29 is 4.79 Å². The molecule has 1 aliphatic carbocycles. The fourth-order valence-corrected chi connectivity index (χ4v) is 1.67. The van der Waals surface area contributed by atoms with Gasteiger partial charge in [0.15, 0.2) is 5.65 Å². The van der Waals surface area contributed by atoms with Crippen molar-refractivity contribution in [1.82, 2.24) is 19.6 Å². The maximum Gasteiger partial charge on any atom is 0.348 e. The van der Waals surface area contributed by atoms with Crippen LogP contribution in [0.3, 0.4) is 0 Å². The number of hydrogen-bond donors (Lipinski definition) is 1. The number of aromatic amines is 1.